The average molecular weight is 320 g/mol. The molecule has 5 heteroatoms. The van der Waals surface area contributed by atoms with Crippen molar-refractivity contribution in [3.05, 3.63) is 35.4 Å². The van der Waals surface area contributed by atoms with Crippen molar-refractivity contribution in [1.29, 1.82) is 0 Å². The van der Waals surface area contributed by atoms with E-state index in [0.717, 1.165) is 25.0 Å². The summed E-state index contributed by atoms with van der Waals surface area (Å²) in [5.41, 5.74) is 2.03. The Morgan fingerprint density at radius 3 is 2.59 bits per heavy atom. The third-order valence-electron chi connectivity index (χ3n) is 4.82. The molecule has 0 radical (unpaired) electrons. The molecule has 4 nitrogen and oxygen atoms in total. The average Bonchev–Trinajstić information content (AvgIpc) is 3.18. The van der Waals surface area contributed by atoms with E-state index in [4.69, 9.17) is 0 Å². The second kappa shape index (κ2) is 6.13. The summed E-state index contributed by atoms with van der Waals surface area (Å²) in [4.78, 5) is 12.0. The number of amides is 2. The van der Waals surface area contributed by atoms with Crippen molar-refractivity contribution in [1.82, 2.24) is 10.6 Å². The van der Waals surface area contributed by atoms with E-state index >= 15 is 0 Å². The molecule has 2 amide bonds. The van der Waals surface area contributed by atoms with Gasteiger partial charge >= 0.3 is 6.03 Å². The van der Waals surface area contributed by atoms with Crippen LogP contribution in [-0.2, 0) is 5.41 Å². The first-order chi connectivity index (χ1) is 10.5. The molecule has 1 aliphatic carbocycles. The molecule has 1 aliphatic heterocycles. The minimum absolute atomic E-state index is 0.114. The molecule has 2 aliphatic rings. The topological polar surface area (TPSA) is 61.4 Å². The third-order valence-corrected chi connectivity index (χ3v) is 6.05. The minimum Gasteiger partial charge on any atom is -0.387 e. The van der Waals surface area contributed by atoms with Crippen LogP contribution in [0.3, 0.4) is 0 Å². The Balaban J connectivity index is 1.50. The number of aliphatic hydroxyl groups is 1. The van der Waals surface area contributed by atoms with Crippen molar-refractivity contribution in [2.24, 2.45) is 0 Å². The Hall–Kier alpha value is -1.20. The lowest BCUT2D eigenvalue weighted by atomic mass is 9.92. The van der Waals surface area contributed by atoms with Gasteiger partial charge in [-0.25, -0.2) is 4.79 Å². The SMILES string of the molecule is Cc1ccccc1C1(CNC(=O)NCC2(O)CCSC2)CC1. The highest BCUT2D eigenvalue weighted by Crippen LogP contribution is 2.48. The van der Waals surface area contributed by atoms with E-state index in [2.05, 4.69) is 41.8 Å². The van der Waals surface area contributed by atoms with Gasteiger partial charge in [-0.05, 0) is 43.1 Å². The molecule has 22 heavy (non-hydrogen) atoms. The number of carbonyl (C=O) groups excluding carboxylic acids is 1. The highest BCUT2D eigenvalue weighted by Gasteiger charge is 2.45. The van der Waals surface area contributed by atoms with Crippen LogP contribution in [0.4, 0.5) is 4.79 Å². The predicted molar refractivity (Wildman–Crippen MR) is 90.4 cm³/mol. The summed E-state index contributed by atoms with van der Waals surface area (Å²) in [6, 6.07) is 8.24. The fourth-order valence-corrected chi connectivity index (χ4v) is 4.45. The number of benzene rings is 1. The zero-order valence-corrected chi connectivity index (χ0v) is 13.8. The maximum atomic E-state index is 12.0. The first-order valence-electron chi connectivity index (χ1n) is 7.91. The second-order valence-electron chi connectivity index (χ2n) is 6.66. The fourth-order valence-electron chi connectivity index (χ4n) is 3.15. The van der Waals surface area contributed by atoms with Crippen LogP contribution in [0.25, 0.3) is 0 Å². The van der Waals surface area contributed by atoms with Crippen LogP contribution >= 0.6 is 11.8 Å². The zero-order chi connectivity index (χ0) is 15.6. The lowest BCUT2D eigenvalue weighted by molar-refractivity contribution is 0.0700. The second-order valence-corrected chi connectivity index (χ2v) is 7.76. The molecule has 120 valence electrons. The van der Waals surface area contributed by atoms with Crippen molar-refractivity contribution < 1.29 is 9.90 Å². The standard InChI is InChI=1S/C17H24N2O2S/c1-13-4-2-3-5-14(13)16(6-7-16)10-18-15(20)19-11-17(21)8-9-22-12-17/h2-5,21H,6-12H2,1H3,(H2,18,19,20). The smallest absolute Gasteiger partial charge is 0.314 e. The van der Waals surface area contributed by atoms with Crippen LogP contribution in [0.2, 0.25) is 0 Å². The number of thioether (sulfide) groups is 1. The van der Waals surface area contributed by atoms with Crippen molar-refractivity contribution in [2.75, 3.05) is 24.6 Å². The number of urea groups is 1. The number of nitrogens with one attached hydrogen (secondary N) is 2. The van der Waals surface area contributed by atoms with Crippen molar-refractivity contribution >= 4 is 17.8 Å². The van der Waals surface area contributed by atoms with Crippen LogP contribution in [-0.4, -0.2) is 41.3 Å². The molecular weight excluding hydrogens is 296 g/mol. The Morgan fingerprint density at radius 2 is 1.95 bits per heavy atom. The molecule has 0 aromatic heterocycles. The Labute approximate surface area is 136 Å². The molecule has 1 unspecified atom stereocenters. The van der Waals surface area contributed by atoms with Crippen LogP contribution in [0.1, 0.15) is 30.4 Å². The first kappa shape index (κ1) is 15.7. The Bertz CT molecular complexity index is 551. The van der Waals surface area contributed by atoms with Gasteiger partial charge in [0.2, 0.25) is 0 Å². The number of rotatable bonds is 5. The first-order valence-corrected chi connectivity index (χ1v) is 9.07. The van der Waals surface area contributed by atoms with Gasteiger partial charge in [-0.2, -0.15) is 11.8 Å². The normalized spacial score (nSPS) is 25.7. The van der Waals surface area contributed by atoms with Crippen molar-refractivity contribution in [3.63, 3.8) is 0 Å². The van der Waals surface area contributed by atoms with Crippen molar-refractivity contribution in [2.45, 2.75) is 37.2 Å². The lowest BCUT2D eigenvalue weighted by Crippen LogP contribution is -2.47. The summed E-state index contributed by atoms with van der Waals surface area (Å²) >= 11 is 1.74. The summed E-state index contributed by atoms with van der Waals surface area (Å²) in [6.45, 7) is 3.13. The van der Waals surface area contributed by atoms with E-state index in [9.17, 15) is 9.90 Å². The molecule has 1 aromatic rings. The van der Waals surface area contributed by atoms with Gasteiger partial charge in [-0.3, -0.25) is 0 Å². The summed E-state index contributed by atoms with van der Waals surface area (Å²) in [7, 11) is 0. The molecule has 0 bridgehead atoms. The van der Waals surface area contributed by atoms with E-state index in [1.807, 2.05) is 0 Å². The summed E-state index contributed by atoms with van der Waals surface area (Å²) in [5, 5.41) is 16.0. The largest absolute Gasteiger partial charge is 0.387 e. The highest BCUT2D eigenvalue weighted by molar-refractivity contribution is 7.99. The van der Waals surface area contributed by atoms with Crippen LogP contribution in [0.15, 0.2) is 24.3 Å². The molecule has 3 rings (SSSR count). The fraction of sp³-hybridized carbons (Fsp3) is 0.588. The number of carbonyl (C=O) groups is 1. The van der Waals surface area contributed by atoms with E-state index in [0.29, 0.717) is 18.8 Å². The number of hydrogen-bond acceptors (Lipinski definition) is 3. The molecule has 2 fully saturated rings. The summed E-state index contributed by atoms with van der Waals surface area (Å²) in [6.07, 6.45) is 3.00. The highest BCUT2D eigenvalue weighted by atomic mass is 32.2. The van der Waals surface area contributed by atoms with Gasteiger partial charge in [-0.1, -0.05) is 24.3 Å². The maximum Gasteiger partial charge on any atom is 0.314 e. The van der Waals surface area contributed by atoms with Crippen LogP contribution in [0.5, 0.6) is 0 Å². The molecular formula is C17H24N2O2S. The number of hydrogen-bond donors (Lipinski definition) is 3. The molecule has 1 aromatic carbocycles. The Kier molecular flexibility index (Phi) is 4.37. The summed E-state index contributed by atoms with van der Waals surface area (Å²) < 4.78 is 0. The molecule has 1 saturated carbocycles. The molecule has 1 saturated heterocycles. The van der Waals surface area contributed by atoms with E-state index in [-0.39, 0.29) is 11.4 Å². The predicted octanol–water partition coefficient (Wildman–Crippen LogP) is 2.19. The van der Waals surface area contributed by atoms with Gasteiger partial charge in [-0.15, -0.1) is 0 Å². The van der Waals surface area contributed by atoms with E-state index in [1.54, 1.807) is 11.8 Å². The molecule has 1 atom stereocenters. The molecule has 1 heterocycles. The molecule has 0 spiro atoms. The van der Waals surface area contributed by atoms with Crippen LogP contribution < -0.4 is 10.6 Å². The van der Waals surface area contributed by atoms with E-state index in [1.165, 1.54) is 11.1 Å². The van der Waals surface area contributed by atoms with Gasteiger partial charge < -0.3 is 15.7 Å². The zero-order valence-electron chi connectivity index (χ0n) is 13.0. The summed E-state index contributed by atoms with van der Waals surface area (Å²) in [5.74, 6) is 1.68. The maximum absolute atomic E-state index is 12.0. The van der Waals surface area contributed by atoms with Gasteiger partial charge in [0.1, 0.15) is 0 Å². The van der Waals surface area contributed by atoms with Crippen molar-refractivity contribution in [3.8, 4) is 0 Å². The number of aryl methyl sites for hydroxylation is 1. The molecule has 3 N–H and O–H groups in total. The van der Waals surface area contributed by atoms with Gasteiger partial charge in [0.15, 0.2) is 0 Å². The Morgan fingerprint density at radius 1 is 1.23 bits per heavy atom. The van der Waals surface area contributed by atoms with Gasteiger partial charge in [0, 0.05) is 24.3 Å². The van der Waals surface area contributed by atoms with Gasteiger partial charge in [0.05, 0.1) is 5.60 Å². The van der Waals surface area contributed by atoms with Gasteiger partial charge in [0.25, 0.3) is 0 Å². The lowest BCUT2D eigenvalue weighted by Gasteiger charge is -2.23. The quantitative estimate of drug-likeness (QED) is 0.779. The van der Waals surface area contributed by atoms with Crippen LogP contribution in [0, 0.1) is 6.92 Å². The third kappa shape index (κ3) is 3.41. The van der Waals surface area contributed by atoms with E-state index < -0.39 is 5.60 Å². The minimum atomic E-state index is -0.727. The monoisotopic (exact) mass is 320 g/mol.